The first-order chi connectivity index (χ1) is 12.5. The van der Waals surface area contributed by atoms with Crippen LogP contribution in [0, 0.1) is 0 Å². The third kappa shape index (κ3) is 9.41. The molecule has 0 radical (unpaired) electrons. The molecule has 0 aromatic heterocycles. The quantitative estimate of drug-likeness (QED) is 0.302. The first-order valence-electron chi connectivity index (χ1n) is 9.54. The van der Waals surface area contributed by atoms with Crippen molar-refractivity contribution in [3.05, 3.63) is 35.9 Å². The fraction of sp³-hybridized carbons (Fsp3) is 0.600. The number of amides is 1. The van der Waals surface area contributed by atoms with Crippen molar-refractivity contribution in [1.29, 1.82) is 0 Å². The molecule has 7 heteroatoms. The Morgan fingerprint density at radius 2 is 1.70 bits per heavy atom. The molecule has 6 nitrogen and oxygen atoms in total. The van der Waals surface area contributed by atoms with Gasteiger partial charge in [-0.25, -0.2) is 0 Å². The van der Waals surface area contributed by atoms with Crippen LogP contribution >= 0.6 is 24.0 Å². The molecule has 1 atom stereocenters. The summed E-state index contributed by atoms with van der Waals surface area (Å²) in [6.07, 6.45) is 0.454. The lowest BCUT2D eigenvalue weighted by Gasteiger charge is -2.29. The molecule has 0 aliphatic rings. The van der Waals surface area contributed by atoms with Crippen LogP contribution in [0.1, 0.15) is 38.8 Å². The van der Waals surface area contributed by atoms with Crippen LogP contribution in [0.15, 0.2) is 35.3 Å². The lowest BCUT2D eigenvalue weighted by molar-refractivity contribution is -0.128. The highest BCUT2D eigenvalue weighted by atomic mass is 127. The van der Waals surface area contributed by atoms with Gasteiger partial charge in [-0.3, -0.25) is 14.7 Å². The number of nitrogens with zero attached hydrogens (tertiary/aromatic N) is 3. The van der Waals surface area contributed by atoms with Crippen LogP contribution in [-0.4, -0.2) is 68.5 Å². The van der Waals surface area contributed by atoms with Crippen molar-refractivity contribution in [2.24, 2.45) is 4.99 Å². The van der Waals surface area contributed by atoms with E-state index < -0.39 is 0 Å². The Bertz CT molecular complexity index is 547. The molecule has 1 aromatic carbocycles. The van der Waals surface area contributed by atoms with E-state index in [0.29, 0.717) is 19.5 Å². The van der Waals surface area contributed by atoms with E-state index in [-0.39, 0.29) is 35.9 Å². The minimum absolute atomic E-state index is 0. The van der Waals surface area contributed by atoms with Gasteiger partial charge in [-0.05, 0) is 25.6 Å². The maximum atomic E-state index is 11.7. The van der Waals surface area contributed by atoms with Crippen molar-refractivity contribution >= 4 is 35.8 Å². The Labute approximate surface area is 181 Å². The predicted octanol–water partition coefficient (Wildman–Crippen LogP) is 2.72. The van der Waals surface area contributed by atoms with Crippen molar-refractivity contribution in [1.82, 2.24) is 20.4 Å². The first kappa shape index (κ1) is 25.6. The van der Waals surface area contributed by atoms with Gasteiger partial charge in [-0.15, -0.1) is 24.0 Å². The predicted molar refractivity (Wildman–Crippen MR) is 125 cm³/mol. The Balaban J connectivity index is 0.00000676. The van der Waals surface area contributed by atoms with E-state index >= 15 is 0 Å². The molecule has 1 unspecified atom stereocenters. The molecule has 27 heavy (non-hydrogen) atoms. The Morgan fingerprint density at radius 1 is 1.07 bits per heavy atom. The summed E-state index contributed by atoms with van der Waals surface area (Å²) in [7, 11) is 3.55. The van der Waals surface area contributed by atoms with E-state index in [4.69, 9.17) is 4.99 Å². The molecule has 0 saturated carbocycles. The smallest absolute Gasteiger partial charge is 0.223 e. The number of halogens is 1. The second kappa shape index (κ2) is 14.7. The second-order valence-corrected chi connectivity index (χ2v) is 6.33. The summed E-state index contributed by atoms with van der Waals surface area (Å²) in [6, 6.07) is 10.8. The first-order valence-corrected chi connectivity index (χ1v) is 9.54. The Morgan fingerprint density at radius 3 is 2.22 bits per heavy atom. The summed E-state index contributed by atoms with van der Waals surface area (Å²) < 4.78 is 0. The zero-order chi connectivity index (χ0) is 19.4. The minimum atomic E-state index is 0. The Hall–Kier alpha value is -1.35. The van der Waals surface area contributed by atoms with Gasteiger partial charge in [0.15, 0.2) is 5.96 Å². The molecular weight excluding hydrogens is 453 g/mol. The van der Waals surface area contributed by atoms with Crippen molar-refractivity contribution in [2.75, 3.05) is 46.8 Å². The van der Waals surface area contributed by atoms with E-state index in [9.17, 15) is 4.79 Å². The van der Waals surface area contributed by atoms with Gasteiger partial charge in [-0.2, -0.15) is 0 Å². The lowest BCUT2D eigenvalue weighted by Crippen LogP contribution is -2.40. The summed E-state index contributed by atoms with van der Waals surface area (Å²) in [6.45, 7) is 10.4. The summed E-state index contributed by atoms with van der Waals surface area (Å²) in [5.41, 5.74) is 1.28. The number of nitrogens with one attached hydrogen (secondary N) is 2. The molecule has 0 saturated heterocycles. The molecular formula is C20H36IN5O. The molecule has 0 heterocycles. The molecule has 1 amide bonds. The normalized spacial score (nSPS) is 12.3. The summed E-state index contributed by atoms with van der Waals surface area (Å²) in [5, 5.41) is 6.52. The molecule has 0 aliphatic carbocycles. The fourth-order valence-electron chi connectivity index (χ4n) is 2.80. The molecule has 0 spiro atoms. The van der Waals surface area contributed by atoms with Crippen LogP contribution in [0.2, 0.25) is 0 Å². The van der Waals surface area contributed by atoms with E-state index in [1.807, 2.05) is 13.0 Å². The van der Waals surface area contributed by atoms with Gasteiger partial charge in [0.2, 0.25) is 5.91 Å². The van der Waals surface area contributed by atoms with Gasteiger partial charge < -0.3 is 15.5 Å². The maximum absolute atomic E-state index is 11.7. The second-order valence-electron chi connectivity index (χ2n) is 6.33. The van der Waals surface area contributed by atoms with Gasteiger partial charge in [0.05, 0.1) is 12.6 Å². The van der Waals surface area contributed by atoms with Crippen molar-refractivity contribution in [2.45, 2.75) is 33.2 Å². The molecule has 1 rings (SSSR count). The summed E-state index contributed by atoms with van der Waals surface area (Å²) in [4.78, 5) is 20.5. The summed E-state index contributed by atoms with van der Waals surface area (Å²) in [5.74, 6) is 0.866. The SMILES string of the molecule is CCNC(=NCC(c1ccccc1)N(CC)CC)NCCC(=O)N(C)C.I. The van der Waals surface area contributed by atoms with Crippen LogP contribution in [0.25, 0.3) is 0 Å². The zero-order valence-corrected chi connectivity index (χ0v) is 19.7. The lowest BCUT2D eigenvalue weighted by atomic mass is 10.1. The number of rotatable bonds is 10. The van der Waals surface area contributed by atoms with Crippen LogP contribution in [0.3, 0.4) is 0 Å². The van der Waals surface area contributed by atoms with Crippen molar-refractivity contribution in [3.63, 3.8) is 0 Å². The van der Waals surface area contributed by atoms with Gasteiger partial charge in [-0.1, -0.05) is 44.2 Å². The summed E-state index contributed by atoms with van der Waals surface area (Å²) >= 11 is 0. The van der Waals surface area contributed by atoms with Crippen LogP contribution in [0.4, 0.5) is 0 Å². The number of benzene rings is 1. The topological polar surface area (TPSA) is 60.0 Å². The Kier molecular flexibility index (Phi) is 13.9. The van der Waals surface area contributed by atoms with Gasteiger partial charge in [0, 0.05) is 33.6 Å². The third-order valence-corrected chi connectivity index (χ3v) is 4.33. The van der Waals surface area contributed by atoms with Gasteiger partial charge in [0.25, 0.3) is 0 Å². The number of likely N-dealkylation sites (N-methyl/N-ethyl adjacent to an activating group) is 1. The number of carbonyl (C=O) groups is 1. The van der Waals surface area contributed by atoms with Gasteiger partial charge >= 0.3 is 0 Å². The number of hydrogen-bond acceptors (Lipinski definition) is 3. The highest BCUT2D eigenvalue weighted by Gasteiger charge is 2.17. The van der Waals surface area contributed by atoms with Crippen LogP contribution < -0.4 is 10.6 Å². The molecule has 0 fully saturated rings. The average Bonchev–Trinajstić information content (AvgIpc) is 2.65. The zero-order valence-electron chi connectivity index (χ0n) is 17.4. The van der Waals surface area contributed by atoms with Gasteiger partial charge in [0.1, 0.15) is 0 Å². The van der Waals surface area contributed by atoms with Crippen LogP contribution in [-0.2, 0) is 4.79 Å². The number of aliphatic imine (C=N–C) groups is 1. The third-order valence-electron chi connectivity index (χ3n) is 4.33. The van der Waals surface area contributed by atoms with Crippen LogP contribution in [0.5, 0.6) is 0 Å². The molecule has 0 bridgehead atoms. The monoisotopic (exact) mass is 489 g/mol. The number of hydrogen-bond donors (Lipinski definition) is 2. The average molecular weight is 489 g/mol. The van der Waals surface area contributed by atoms with E-state index in [1.54, 1.807) is 19.0 Å². The maximum Gasteiger partial charge on any atom is 0.223 e. The molecule has 0 aliphatic heterocycles. The minimum Gasteiger partial charge on any atom is -0.357 e. The molecule has 154 valence electrons. The standard InChI is InChI=1S/C20H35N5O.HI/c1-6-21-20(22-15-14-19(26)24(4)5)23-16-18(25(7-2)8-3)17-12-10-9-11-13-17;/h9-13,18H,6-8,14-16H2,1-5H3,(H2,21,22,23);1H. The van der Waals surface area contributed by atoms with Crippen molar-refractivity contribution in [3.8, 4) is 0 Å². The molecule has 2 N–H and O–H groups in total. The highest BCUT2D eigenvalue weighted by molar-refractivity contribution is 14.0. The number of guanidine groups is 1. The van der Waals surface area contributed by atoms with Crippen molar-refractivity contribution < 1.29 is 4.79 Å². The largest absolute Gasteiger partial charge is 0.357 e. The van der Waals surface area contributed by atoms with E-state index in [0.717, 1.165) is 25.6 Å². The highest BCUT2D eigenvalue weighted by Crippen LogP contribution is 2.20. The number of carbonyl (C=O) groups excluding carboxylic acids is 1. The fourth-order valence-corrected chi connectivity index (χ4v) is 2.80. The molecule has 1 aromatic rings. The van der Waals surface area contributed by atoms with E-state index in [1.165, 1.54) is 5.56 Å². The van der Waals surface area contributed by atoms with E-state index in [2.05, 4.69) is 53.6 Å².